The number of rotatable bonds is 8. The van der Waals surface area contributed by atoms with Gasteiger partial charge in [-0.2, -0.15) is 0 Å². The summed E-state index contributed by atoms with van der Waals surface area (Å²) in [6, 6.07) is 8.26. The van der Waals surface area contributed by atoms with Crippen LogP contribution in [0.1, 0.15) is 51.0 Å². The number of aryl methyl sites for hydroxylation is 1. The molecular weight excluding hydrogens is 276 g/mol. The standard InChI is InChI=1S/C18H28N2O2/c1-14(19)11-12-20-18(21)10-9-15-5-4-8-17(13-15)22-16-6-2-3-7-16/h4-5,8,13-14,16H,2-3,6-7,9-12,19H2,1H3,(H,20,21). The second-order valence-corrected chi connectivity index (χ2v) is 6.29. The number of nitrogens with one attached hydrogen (secondary N) is 1. The third-order valence-electron chi connectivity index (χ3n) is 4.07. The molecule has 4 heteroatoms. The summed E-state index contributed by atoms with van der Waals surface area (Å²) in [7, 11) is 0. The van der Waals surface area contributed by atoms with Crippen LogP contribution in [0.3, 0.4) is 0 Å². The quantitative estimate of drug-likeness (QED) is 0.776. The van der Waals surface area contributed by atoms with E-state index < -0.39 is 0 Å². The molecule has 122 valence electrons. The first-order valence-corrected chi connectivity index (χ1v) is 8.41. The Morgan fingerprint density at radius 3 is 2.91 bits per heavy atom. The zero-order valence-corrected chi connectivity index (χ0v) is 13.5. The highest BCUT2D eigenvalue weighted by molar-refractivity contribution is 5.76. The van der Waals surface area contributed by atoms with E-state index in [-0.39, 0.29) is 11.9 Å². The van der Waals surface area contributed by atoms with Crippen molar-refractivity contribution in [1.82, 2.24) is 5.32 Å². The molecule has 0 radical (unpaired) electrons. The largest absolute Gasteiger partial charge is 0.490 e. The second-order valence-electron chi connectivity index (χ2n) is 6.29. The average Bonchev–Trinajstić information content (AvgIpc) is 2.98. The summed E-state index contributed by atoms with van der Waals surface area (Å²) < 4.78 is 6.00. The molecule has 22 heavy (non-hydrogen) atoms. The van der Waals surface area contributed by atoms with Gasteiger partial charge in [0.2, 0.25) is 5.91 Å². The minimum Gasteiger partial charge on any atom is -0.490 e. The van der Waals surface area contributed by atoms with E-state index in [4.69, 9.17) is 10.5 Å². The van der Waals surface area contributed by atoms with E-state index in [2.05, 4.69) is 17.4 Å². The zero-order valence-electron chi connectivity index (χ0n) is 13.5. The van der Waals surface area contributed by atoms with Crippen molar-refractivity contribution >= 4 is 5.91 Å². The topological polar surface area (TPSA) is 64.3 Å². The van der Waals surface area contributed by atoms with E-state index in [1.54, 1.807) is 0 Å². The highest BCUT2D eigenvalue weighted by atomic mass is 16.5. The summed E-state index contributed by atoms with van der Waals surface area (Å²) in [4.78, 5) is 11.8. The smallest absolute Gasteiger partial charge is 0.220 e. The van der Waals surface area contributed by atoms with Crippen molar-refractivity contribution in [3.63, 3.8) is 0 Å². The number of hydrogen-bond acceptors (Lipinski definition) is 3. The minimum atomic E-state index is 0.0859. The van der Waals surface area contributed by atoms with E-state index >= 15 is 0 Å². The molecule has 2 rings (SSSR count). The highest BCUT2D eigenvalue weighted by Gasteiger charge is 2.16. The Bertz CT molecular complexity index is 468. The summed E-state index contributed by atoms with van der Waals surface area (Å²) in [5.74, 6) is 1.02. The van der Waals surface area contributed by atoms with Crippen LogP contribution < -0.4 is 15.8 Å². The third-order valence-corrected chi connectivity index (χ3v) is 4.07. The molecule has 0 aromatic heterocycles. The maximum absolute atomic E-state index is 11.8. The number of carbonyl (C=O) groups is 1. The van der Waals surface area contributed by atoms with Crippen molar-refractivity contribution < 1.29 is 9.53 Å². The fourth-order valence-electron chi connectivity index (χ4n) is 2.76. The summed E-state index contributed by atoms with van der Waals surface area (Å²) in [6.07, 6.45) is 7.29. The van der Waals surface area contributed by atoms with Gasteiger partial charge < -0.3 is 15.8 Å². The first kappa shape index (κ1) is 16.8. The number of amides is 1. The summed E-state index contributed by atoms with van der Waals surface area (Å²) >= 11 is 0. The van der Waals surface area contributed by atoms with Gasteiger partial charge in [-0.3, -0.25) is 4.79 Å². The van der Waals surface area contributed by atoms with E-state index in [1.165, 1.54) is 12.8 Å². The van der Waals surface area contributed by atoms with E-state index in [9.17, 15) is 4.79 Å². The molecule has 1 aliphatic rings. The zero-order chi connectivity index (χ0) is 15.8. The Balaban J connectivity index is 1.74. The third kappa shape index (κ3) is 6.06. The van der Waals surface area contributed by atoms with Gasteiger partial charge in [0.15, 0.2) is 0 Å². The van der Waals surface area contributed by atoms with Crippen LogP contribution in [0, 0.1) is 0 Å². The van der Waals surface area contributed by atoms with E-state index in [0.717, 1.165) is 37.0 Å². The maximum Gasteiger partial charge on any atom is 0.220 e. The molecule has 1 aliphatic carbocycles. The number of hydrogen-bond donors (Lipinski definition) is 2. The fraction of sp³-hybridized carbons (Fsp3) is 0.611. The van der Waals surface area contributed by atoms with Crippen molar-refractivity contribution in [1.29, 1.82) is 0 Å². The van der Waals surface area contributed by atoms with Crippen molar-refractivity contribution in [3.05, 3.63) is 29.8 Å². The Labute approximate surface area is 133 Å². The molecule has 1 unspecified atom stereocenters. The summed E-state index contributed by atoms with van der Waals surface area (Å²) in [6.45, 7) is 2.60. The highest BCUT2D eigenvalue weighted by Crippen LogP contribution is 2.24. The van der Waals surface area contributed by atoms with Crippen LogP contribution in [0.25, 0.3) is 0 Å². The first-order valence-electron chi connectivity index (χ1n) is 8.41. The van der Waals surface area contributed by atoms with Gasteiger partial charge in [-0.25, -0.2) is 0 Å². The molecule has 1 aromatic carbocycles. The van der Waals surface area contributed by atoms with Crippen LogP contribution in [0.2, 0.25) is 0 Å². The van der Waals surface area contributed by atoms with Gasteiger partial charge >= 0.3 is 0 Å². The van der Waals surface area contributed by atoms with Crippen molar-refractivity contribution in [2.24, 2.45) is 5.73 Å². The Hall–Kier alpha value is -1.55. The SMILES string of the molecule is CC(N)CCNC(=O)CCc1cccc(OC2CCCC2)c1. The van der Waals surface area contributed by atoms with Crippen molar-refractivity contribution in [3.8, 4) is 5.75 Å². The predicted octanol–water partition coefficient (Wildman–Crippen LogP) is 2.79. The molecule has 0 saturated heterocycles. The van der Waals surface area contributed by atoms with E-state index in [0.29, 0.717) is 19.1 Å². The molecule has 0 aliphatic heterocycles. The summed E-state index contributed by atoms with van der Waals surface area (Å²) in [5.41, 5.74) is 6.81. The van der Waals surface area contributed by atoms with Crippen LogP contribution in [-0.2, 0) is 11.2 Å². The number of carbonyl (C=O) groups excluding carboxylic acids is 1. The molecule has 1 fully saturated rings. The van der Waals surface area contributed by atoms with Gasteiger partial charge in [-0.15, -0.1) is 0 Å². The molecule has 0 spiro atoms. The van der Waals surface area contributed by atoms with Gasteiger partial charge in [0.05, 0.1) is 6.10 Å². The molecule has 1 atom stereocenters. The van der Waals surface area contributed by atoms with Crippen LogP contribution in [-0.4, -0.2) is 24.6 Å². The van der Waals surface area contributed by atoms with Gasteiger partial charge in [-0.05, 0) is 63.1 Å². The number of nitrogens with two attached hydrogens (primary N) is 1. The Morgan fingerprint density at radius 2 is 2.18 bits per heavy atom. The summed E-state index contributed by atoms with van der Waals surface area (Å²) in [5, 5.41) is 2.91. The van der Waals surface area contributed by atoms with Gasteiger partial charge in [0.25, 0.3) is 0 Å². The molecule has 4 nitrogen and oxygen atoms in total. The van der Waals surface area contributed by atoms with Crippen LogP contribution >= 0.6 is 0 Å². The van der Waals surface area contributed by atoms with Crippen molar-refractivity contribution in [2.75, 3.05) is 6.54 Å². The monoisotopic (exact) mass is 304 g/mol. The van der Waals surface area contributed by atoms with Crippen molar-refractivity contribution in [2.45, 2.75) is 64.0 Å². The molecule has 0 heterocycles. The lowest BCUT2D eigenvalue weighted by molar-refractivity contribution is -0.121. The molecule has 1 saturated carbocycles. The minimum absolute atomic E-state index is 0.0859. The van der Waals surface area contributed by atoms with E-state index in [1.807, 2.05) is 19.1 Å². The predicted molar refractivity (Wildman–Crippen MR) is 88.9 cm³/mol. The van der Waals surface area contributed by atoms with Gasteiger partial charge in [0, 0.05) is 19.0 Å². The van der Waals surface area contributed by atoms with Gasteiger partial charge in [-0.1, -0.05) is 12.1 Å². The lowest BCUT2D eigenvalue weighted by Crippen LogP contribution is -2.29. The second kappa shape index (κ2) is 8.79. The maximum atomic E-state index is 11.8. The lowest BCUT2D eigenvalue weighted by Gasteiger charge is -2.14. The fourth-order valence-corrected chi connectivity index (χ4v) is 2.76. The number of ether oxygens (including phenoxy) is 1. The van der Waals surface area contributed by atoms with Gasteiger partial charge in [0.1, 0.15) is 5.75 Å². The average molecular weight is 304 g/mol. The molecule has 3 N–H and O–H groups in total. The molecule has 0 bridgehead atoms. The first-order chi connectivity index (χ1) is 10.6. The Morgan fingerprint density at radius 1 is 1.41 bits per heavy atom. The van der Waals surface area contributed by atoms with Crippen LogP contribution in [0.15, 0.2) is 24.3 Å². The Kier molecular flexibility index (Phi) is 6.72. The molecule has 1 aromatic rings. The van der Waals surface area contributed by atoms with Crippen LogP contribution in [0.4, 0.5) is 0 Å². The van der Waals surface area contributed by atoms with Crippen LogP contribution in [0.5, 0.6) is 5.75 Å². The number of benzene rings is 1. The molecule has 1 amide bonds. The normalized spacial score (nSPS) is 16.5. The lowest BCUT2D eigenvalue weighted by atomic mass is 10.1. The molecular formula is C18H28N2O2.